The van der Waals surface area contributed by atoms with Crippen molar-refractivity contribution >= 4 is 40.2 Å². The number of nitrogens with zero attached hydrogens (tertiary/aromatic N) is 2. The number of thiol groups is 1. The number of anilines is 1. The number of amides is 1. The molecule has 0 saturated heterocycles. The van der Waals surface area contributed by atoms with Crippen molar-refractivity contribution in [2.45, 2.75) is 6.17 Å². The first-order chi connectivity index (χ1) is 14.5. The predicted octanol–water partition coefficient (Wildman–Crippen LogP) is 5.02. The molecule has 3 aromatic rings. The molecule has 1 aromatic heterocycles. The van der Waals surface area contributed by atoms with Crippen molar-refractivity contribution in [1.29, 1.82) is 5.26 Å². The molecular formula is C22H16BrN3O3S. The molecule has 1 aliphatic rings. The SMILES string of the molecule is COc1ccc(N2C(S)=C(C#N)C(=O)NC2c2ccc(-c3ccc(Br)cc3)o2)cc1. The Morgan fingerprint density at radius 2 is 1.83 bits per heavy atom. The third-order valence-electron chi connectivity index (χ3n) is 4.69. The van der Waals surface area contributed by atoms with Crippen LogP contribution in [0.2, 0.25) is 0 Å². The van der Waals surface area contributed by atoms with Crippen LogP contribution in [0.5, 0.6) is 5.75 Å². The quantitative estimate of drug-likeness (QED) is 0.511. The van der Waals surface area contributed by atoms with Gasteiger partial charge in [-0.05, 0) is 48.5 Å². The molecule has 150 valence electrons. The second-order valence-corrected chi connectivity index (χ2v) is 7.80. The van der Waals surface area contributed by atoms with E-state index < -0.39 is 12.1 Å². The summed E-state index contributed by atoms with van der Waals surface area (Å²) >= 11 is 7.91. The third kappa shape index (κ3) is 3.70. The van der Waals surface area contributed by atoms with Crippen molar-refractivity contribution in [1.82, 2.24) is 5.32 Å². The van der Waals surface area contributed by atoms with Gasteiger partial charge >= 0.3 is 0 Å². The highest BCUT2D eigenvalue weighted by atomic mass is 79.9. The minimum Gasteiger partial charge on any atom is -0.497 e. The van der Waals surface area contributed by atoms with Gasteiger partial charge in [0.05, 0.1) is 12.1 Å². The van der Waals surface area contributed by atoms with Gasteiger partial charge in [0.15, 0.2) is 6.17 Å². The summed E-state index contributed by atoms with van der Waals surface area (Å²) in [5, 5.41) is 12.5. The normalized spacial score (nSPS) is 16.3. The first-order valence-corrected chi connectivity index (χ1v) is 10.2. The molecular weight excluding hydrogens is 466 g/mol. The highest BCUT2D eigenvalue weighted by molar-refractivity contribution is 9.10. The first kappa shape index (κ1) is 20.1. The molecule has 6 nitrogen and oxygen atoms in total. The fourth-order valence-corrected chi connectivity index (χ4v) is 3.83. The van der Waals surface area contributed by atoms with Gasteiger partial charge in [0, 0.05) is 15.7 Å². The highest BCUT2D eigenvalue weighted by Crippen LogP contribution is 2.38. The van der Waals surface area contributed by atoms with E-state index >= 15 is 0 Å². The first-order valence-electron chi connectivity index (χ1n) is 8.95. The molecule has 1 aliphatic heterocycles. The van der Waals surface area contributed by atoms with Crippen molar-refractivity contribution in [3.05, 3.63) is 81.5 Å². The number of nitrogens with one attached hydrogen (secondary N) is 1. The topological polar surface area (TPSA) is 78.5 Å². The van der Waals surface area contributed by atoms with Crippen molar-refractivity contribution in [3.63, 3.8) is 0 Å². The Kier molecular flexibility index (Phi) is 5.57. The van der Waals surface area contributed by atoms with E-state index in [4.69, 9.17) is 9.15 Å². The van der Waals surface area contributed by atoms with E-state index in [2.05, 4.69) is 33.9 Å². The Bertz CT molecular complexity index is 1160. The number of furan rings is 1. The molecule has 1 N–H and O–H groups in total. The third-order valence-corrected chi connectivity index (χ3v) is 5.66. The molecule has 0 spiro atoms. The maximum absolute atomic E-state index is 12.5. The molecule has 0 saturated carbocycles. The smallest absolute Gasteiger partial charge is 0.266 e. The molecule has 2 aromatic carbocycles. The largest absolute Gasteiger partial charge is 0.497 e. The maximum Gasteiger partial charge on any atom is 0.266 e. The summed E-state index contributed by atoms with van der Waals surface area (Å²) in [6, 6.07) is 20.5. The average Bonchev–Trinajstić information content (AvgIpc) is 3.24. The van der Waals surface area contributed by atoms with E-state index in [0.717, 1.165) is 15.7 Å². The molecule has 1 atom stereocenters. The lowest BCUT2D eigenvalue weighted by molar-refractivity contribution is -0.118. The van der Waals surface area contributed by atoms with Gasteiger partial charge in [0.25, 0.3) is 5.91 Å². The molecule has 0 aliphatic carbocycles. The number of hydrogen-bond acceptors (Lipinski definition) is 6. The van der Waals surface area contributed by atoms with Crippen LogP contribution in [0.25, 0.3) is 11.3 Å². The Morgan fingerprint density at radius 1 is 1.13 bits per heavy atom. The second-order valence-electron chi connectivity index (χ2n) is 6.46. The van der Waals surface area contributed by atoms with Gasteiger partial charge < -0.3 is 19.4 Å². The lowest BCUT2D eigenvalue weighted by Gasteiger charge is -2.36. The van der Waals surface area contributed by atoms with Gasteiger partial charge in [0.1, 0.15) is 28.9 Å². The standard InChI is InChI=1S/C22H16BrN3O3S/c1-28-16-8-6-15(7-9-16)26-20(25-21(27)17(12-24)22(26)30)19-11-10-18(29-19)13-2-4-14(23)5-3-13/h2-11,20,30H,1H3,(H,25,27). The number of rotatable bonds is 4. The molecule has 30 heavy (non-hydrogen) atoms. The molecule has 0 radical (unpaired) electrons. The number of ether oxygens (including phenoxy) is 1. The van der Waals surface area contributed by atoms with Crippen molar-refractivity contribution < 1.29 is 13.9 Å². The molecule has 0 bridgehead atoms. The number of benzene rings is 2. The number of methoxy groups -OCH3 is 1. The average molecular weight is 482 g/mol. The minimum absolute atomic E-state index is 0.0647. The maximum atomic E-state index is 12.5. The van der Waals surface area contributed by atoms with Crippen LogP contribution >= 0.6 is 28.6 Å². The molecule has 1 amide bonds. The monoisotopic (exact) mass is 481 g/mol. The summed E-state index contributed by atoms with van der Waals surface area (Å²) in [6.45, 7) is 0. The van der Waals surface area contributed by atoms with Gasteiger partial charge in [0.2, 0.25) is 0 Å². The van der Waals surface area contributed by atoms with Crippen LogP contribution in [0.1, 0.15) is 11.9 Å². The summed E-state index contributed by atoms with van der Waals surface area (Å²) in [6.07, 6.45) is -0.667. The molecule has 0 fully saturated rings. The van der Waals surface area contributed by atoms with Crippen LogP contribution in [0.15, 0.2) is 80.2 Å². The van der Waals surface area contributed by atoms with E-state index in [9.17, 15) is 10.1 Å². The summed E-state index contributed by atoms with van der Waals surface area (Å²) in [5.74, 6) is 1.37. The molecule has 1 unspecified atom stereocenters. The summed E-state index contributed by atoms with van der Waals surface area (Å²) < 4.78 is 12.3. The summed E-state index contributed by atoms with van der Waals surface area (Å²) in [7, 11) is 1.59. The minimum atomic E-state index is -0.667. The van der Waals surface area contributed by atoms with Crippen LogP contribution in [-0.4, -0.2) is 13.0 Å². The summed E-state index contributed by atoms with van der Waals surface area (Å²) in [5.41, 5.74) is 1.56. The van der Waals surface area contributed by atoms with Crippen molar-refractivity contribution in [3.8, 4) is 23.1 Å². The van der Waals surface area contributed by atoms with Crippen molar-refractivity contribution in [2.24, 2.45) is 0 Å². The number of carbonyl (C=O) groups excluding carboxylic acids is 1. The van der Waals surface area contributed by atoms with Gasteiger partial charge in [-0.2, -0.15) is 5.26 Å². The van der Waals surface area contributed by atoms with Crippen LogP contribution in [0.4, 0.5) is 5.69 Å². The van der Waals surface area contributed by atoms with E-state index in [-0.39, 0.29) is 10.6 Å². The number of nitriles is 1. The molecule has 2 heterocycles. The lowest BCUT2D eigenvalue weighted by atomic mass is 10.1. The van der Waals surface area contributed by atoms with Gasteiger partial charge in [-0.1, -0.05) is 28.1 Å². The Labute approximate surface area is 187 Å². The zero-order valence-corrected chi connectivity index (χ0v) is 18.3. The highest BCUT2D eigenvalue weighted by Gasteiger charge is 2.35. The lowest BCUT2D eigenvalue weighted by Crippen LogP contribution is -2.45. The molecule has 4 rings (SSSR count). The summed E-state index contributed by atoms with van der Waals surface area (Å²) in [4.78, 5) is 14.2. The second kappa shape index (κ2) is 8.30. The van der Waals surface area contributed by atoms with E-state index in [1.807, 2.05) is 48.5 Å². The number of carbonyl (C=O) groups is 1. The van der Waals surface area contributed by atoms with E-state index in [0.29, 0.717) is 17.3 Å². The zero-order valence-electron chi connectivity index (χ0n) is 15.8. The van der Waals surface area contributed by atoms with Crippen LogP contribution in [0, 0.1) is 11.3 Å². The van der Waals surface area contributed by atoms with E-state index in [1.54, 1.807) is 30.2 Å². The van der Waals surface area contributed by atoms with Gasteiger partial charge in [-0.15, -0.1) is 12.6 Å². The fourth-order valence-electron chi connectivity index (χ4n) is 3.19. The molecule has 8 heteroatoms. The van der Waals surface area contributed by atoms with Crippen LogP contribution in [-0.2, 0) is 4.79 Å². The van der Waals surface area contributed by atoms with Crippen LogP contribution < -0.4 is 15.0 Å². The van der Waals surface area contributed by atoms with E-state index in [1.165, 1.54) is 0 Å². The Hall–Kier alpha value is -3.15. The Morgan fingerprint density at radius 3 is 2.47 bits per heavy atom. The Balaban J connectivity index is 1.77. The zero-order chi connectivity index (χ0) is 21.3. The predicted molar refractivity (Wildman–Crippen MR) is 120 cm³/mol. The fraction of sp³-hybridized carbons (Fsp3) is 0.0909. The van der Waals surface area contributed by atoms with Crippen LogP contribution in [0.3, 0.4) is 0 Å². The van der Waals surface area contributed by atoms with Gasteiger partial charge in [-0.3, -0.25) is 4.79 Å². The van der Waals surface area contributed by atoms with Crippen molar-refractivity contribution in [2.75, 3.05) is 12.0 Å². The number of halogens is 1. The number of hydrogen-bond donors (Lipinski definition) is 2. The van der Waals surface area contributed by atoms with Gasteiger partial charge in [-0.25, -0.2) is 0 Å².